The molecule has 0 bridgehead atoms. The summed E-state index contributed by atoms with van der Waals surface area (Å²) in [6.07, 6.45) is -11.1. The molecule has 0 saturated carbocycles. The maximum absolute atomic E-state index is 13.4. The normalized spacial score (nSPS) is 14.0. The van der Waals surface area contributed by atoms with Crippen molar-refractivity contribution in [2.75, 3.05) is 0 Å². The Hall–Kier alpha value is -3.10. The van der Waals surface area contributed by atoms with Crippen LogP contribution in [0, 0.1) is 20.2 Å². The molecule has 0 aromatic carbocycles. The van der Waals surface area contributed by atoms with Crippen molar-refractivity contribution in [3.05, 3.63) is 20.2 Å². The average Bonchev–Trinajstić information content (AvgIpc) is 2.61. The lowest BCUT2D eigenvalue weighted by Crippen LogP contribution is -2.70. The summed E-state index contributed by atoms with van der Waals surface area (Å²) in [4.78, 5) is 38.2. The van der Waals surface area contributed by atoms with Crippen molar-refractivity contribution in [3.63, 3.8) is 0 Å². The highest BCUT2D eigenvalue weighted by atomic mass is 19.4. The maximum atomic E-state index is 13.4. The first kappa shape index (κ1) is 28.9. The van der Waals surface area contributed by atoms with Crippen LogP contribution in [0.5, 0.6) is 0 Å². The quantitative estimate of drug-likeness (QED) is 0.161. The van der Waals surface area contributed by atoms with Gasteiger partial charge in [0.05, 0.1) is 0 Å². The Labute approximate surface area is 165 Å². The van der Waals surface area contributed by atoms with E-state index in [4.69, 9.17) is 0 Å². The number of halogens is 12. The summed E-state index contributed by atoms with van der Waals surface area (Å²) in [6, 6.07) is 0. The van der Waals surface area contributed by atoms with Crippen LogP contribution in [0.15, 0.2) is 0 Å². The molecule has 0 spiro atoms. The monoisotopic (exact) mass is 506 g/mol. The Balaban J connectivity index is 5.48. The first-order valence-corrected chi connectivity index (χ1v) is 7.06. The average molecular weight is 506 g/mol. The van der Waals surface area contributed by atoms with Crippen LogP contribution in [0.3, 0.4) is 0 Å². The molecule has 0 unspecified atom stereocenters. The predicted molar refractivity (Wildman–Crippen MR) is 69.2 cm³/mol. The number of carbonyl (C=O) groups excluding carboxylic acids is 2. The Kier molecular flexibility index (Phi) is 7.62. The van der Waals surface area contributed by atoms with Crippen molar-refractivity contribution < 1.29 is 72.1 Å². The fraction of sp³-hybridized carbons (Fsp3) is 0.800. The van der Waals surface area contributed by atoms with E-state index >= 15 is 0 Å². The topological polar surface area (TPSA) is 144 Å². The van der Waals surface area contributed by atoms with Gasteiger partial charge in [-0.15, -0.1) is 0 Å². The zero-order valence-electron chi connectivity index (χ0n) is 14.3. The van der Waals surface area contributed by atoms with Crippen molar-refractivity contribution >= 4 is 11.8 Å². The fourth-order valence-electron chi connectivity index (χ4n) is 1.50. The van der Waals surface area contributed by atoms with Gasteiger partial charge in [-0.25, -0.2) is 0 Å². The summed E-state index contributed by atoms with van der Waals surface area (Å²) in [5.41, 5.74) is 0.809. The minimum Gasteiger partial charge on any atom is -0.273 e. The predicted octanol–water partition coefficient (Wildman–Crippen LogP) is 2.19. The van der Waals surface area contributed by atoms with E-state index in [0.29, 0.717) is 5.43 Å². The molecule has 0 aliphatic heterocycles. The van der Waals surface area contributed by atoms with Crippen molar-refractivity contribution in [1.82, 2.24) is 10.9 Å². The molecule has 0 aromatic heterocycles. The second-order valence-electron chi connectivity index (χ2n) is 5.53. The standard InChI is InChI=1S/C10H6F12N4O6/c11-5(25(29)30,26(31)32)2-1-3(27)23-24-4(28)6(12,13)7(14,15)8(16,17)9(18,19)10(20,21)22/h1-2H2,(H,23,27)(H,24,28). The van der Waals surface area contributed by atoms with Crippen LogP contribution in [0.4, 0.5) is 52.7 Å². The molecule has 0 aliphatic carbocycles. The van der Waals surface area contributed by atoms with Crippen molar-refractivity contribution in [2.45, 2.75) is 48.6 Å². The molecule has 0 aromatic rings. The number of rotatable bonds is 9. The highest BCUT2D eigenvalue weighted by molar-refractivity contribution is 5.87. The molecule has 0 radical (unpaired) electrons. The van der Waals surface area contributed by atoms with Gasteiger partial charge in [-0.05, 0) is 0 Å². The number of amides is 2. The molecule has 2 N–H and O–H groups in total. The van der Waals surface area contributed by atoms with Crippen LogP contribution in [0.25, 0.3) is 0 Å². The second-order valence-corrected chi connectivity index (χ2v) is 5.53. The van der Waals surface area contributed by atoms with Crippen LogP contribution in [-0.4, -0.2) is 57.4 Å². The molecule has 0 saturated heterocycles. The fourth-order valence-corrected chi connectivity index (χ4v) is 1.50. The summed E-state index contributed by atoms with van der Waals surface area (Å²) >= 11 is 0. The molecule has 0 fully saturated rings. The van der Waals surface area contributed by atoms with E-state index in [1.807, 2.05) is 0 Å². The third-order valence-corrected chi connectivity index (χ3v) is 3.37. The van der Waals surface area contributed by atoms with Gasteiger partial charge in [-0.3, -0.25) is 40.7 Å². The smallest absolute Gasteiger partial charge is 0.273 e. The number of carbonyl (C=O) groups is 2. The zero-order chi connectivity index (χ0) is 26.1. The highest BCUT2D eigenvalue weighted by Crippen LogP contribution is 2.57. The molecular formula is C10H6F12N4O6. The number of hydrogen-bond acceptors (Lipinski definition) is 6. The number of hydrogen-bond donors (Lipinski definition) is 2. The van der Waals surface area contributed by atoms with Crippen molar-refractivity contribution in [1.29, 1.82) is 0 Å². The highest BCUT2D eigenvalue weighted by Gasteiger charge is 2.88. The van der Waals surface area contributed by atoms with E-state index in [1.165, 1.54) is 0 Å². The molecule has 32 heavy (non-hydrogen) atoms. The lowest BCUT2D eigenvalue weighted by Gasteiger charge is -2.36. The van der Waals surface area contributed by atoms with Crippen molar-refractivity contribution in [2.24, 2.45) is 0 Å². The first-order chi connectivity index (χ1) is 13.9. The van der Waals surface area contributed by atoms with Gasteiger partial charge in [0.2, 0.25) is 5.91 Å². The van der Waals surface area contributed by atoms with Gasteiger partial charge in [0.1, 0.15) is 16.3 Å². The molecule has 186 valence electrons. The Morgan fingerprint density at radius 1 is 0.688 bits per heavy atom. The molecule has 0 rings (SSSR count). The lowest BCUT2D eigenvalue weighted by atomic mass is 9.97. The summed E-state index contributed by atoms with van der Waals surface area (Å²) in [5.74, 6) is -40.8. The first-order valence-electron chi connectivity index (χ1n) is 7.06. The van der Waals surface area contributed by atoms with E-state index in [-0.39, 0.29) is 5.43 Å². The lowest BCUT2D eigenvalue weighted by molar-refractivity contribution is -0.832. The largest absolute Gasteiger partial charge is 0.614 e. The number of nitro groups is 2. The zero-order valence-corrected chi connectivity index (χ0v) is 14.3. The summed E-state index contributed by atoms with van der Waals surface area (Å²) in [7, 11) is 0. The number of hydrazine groups is 1. The van der Waals surface area contributed by atoms with Crippen LogP contribution >= 0.6 is 0 Å². The van der Waals surface area contributed by atoms with Gasteiger partial charge in [0, 0.05) is 6.42 Å². The molecule has 2 amide bonds. The minimum atomic E-state index is -7.91. The minimum absolute atomic E-state index is 0.196. The molecular weight excluding hydrogens is 500 g/mol. The SMILES string of the molecule is O=C(CCC(F)([N+](=O)[O-])[N+](=O)[O-])NNC(=O)C(F)(F)C(F)(F)C(F)(F)C(F)(F)C(F)(F)F. The summed E-state index contributed by atoms with van der Waals surface area (Å²) in [5, 5.41) is 20.4. The molecule has 0 atom stereocenters. The van der Waals surface area contributed by atoms with Crippen LogP contribution < -0.4 is 10.9 Å². The van der Waals surface area contributed by atoms with E-state index in [9.17, 15) is 82.5 Å². The Bertz CT molecular complexity index is 771. The Morgan fingerprint density at radius 3 is 1.44 bits per heavy atom. The number of nitrogens with zero attached hydrogens (tertiary/aromatic N) is 2. The van der Waals surface area contributed by atoms with Crippen LogP contribution in [-0.2, 0) is 9.59 Å². The van der Waals surface area contributed by atoms with Crippen LogP contribution in [0.2, 0.25) is 0 Å². The van der Waals surface area contributed by atoms with Crippen molar-refractivity contribution in [3.8, 4) is 0 Å². The third-order valence-electron chi connectivity index (χ3n) is 3.37. The van der Waals surface area contributed by atoms with Gasteiger partial charge in [0.15, 0.2) is 0 Å². The van der Waals surface area contributed by atoms with Gasteiger partial charge >= 0.3 is 41.7 Å². The number of alkyl halides is 12. The van der Waals surface area contributed by atoms with Gasteiger partial charge in [-0.2, -0.15) is 48.3 Å². The molecule has 0 heterocycles. The summed E-state index contributed by atoms with van der Waals surface area (Å²) in [6.45, 7) is 0. The Morgan fingerprint density at radius 2 is 1.09 bits per heavy atom. The third kappa shape index (κ3) is 4.71. The van der Waals surface area contributed by atoms with Crippen LogP contribution in [0.1, 0.15) is 12.8 Å². The molecule has 0 aliphatic rings. The molecule has 10 nitrogen and oxygen atoms in total. The van der Waals surface area contributed by atoms with Gasteiger partial charge in [-0.1, -0.05) is 4.39 Å². The van der Waals surface area contributed by atoms with Gasteiger partial charge < -0.3 is 0 Å². The van der Waals surface area contributed by atoms with E-state index in [1.54, 1.807) is 0 Å². The van der Waals surface area contributed by atoms with Gasteiger partial charge in [0.25, 0.3) is 0 Å². The van der Waals surface area contributed by atoms with E-state index in [2.05, 4.69) is 0 Å². The van der Waals surface area contributed by atoms with E-state index < -0.39 is 70.3 Å². The van der Waals surface area contributed by atoms with E-state index in [0.717, 1.165) is 0 Å². The second kappa shape index (κ2) is 8.44. The molecule has 22 heteroatoms. The maximum Gasteiger partial charge on any atom is 0.614 e. The number of nitrogens with one attached hydrogen (secondary N) is 2. The summed E-state index contributed by atoms with van der Waals surface area (Å²) < 4.78 is 153.